The lowest BCUT2D eigenvalue weighted by Gasteiger charge is -2.32. The summed E-state index contributed by atoms with van der Waals surface area (Å²) < 4.78 is 57.3. The number of furan rings is 3. The first-order chi connectivity index (χ1) is 51.9. The van der Waals surface area contributed by atoms with Crippen LogP contribution < -0.4 is 16.4 Å². The molecule has 528 valence electrons. The number of hydrogen-bond donors (Lipinski definition) is 0. The summed E-state index contributed by atoms with van der Waals surface area (Å²) >= 11 is 0. The van der Waals surface area contributed by atoms with Crippen LogP contribution in [0, 0.1) is 0 Å². The molecule has 9 nitrogen and oxygen atoms in total. The minimum absolute atomic E-state index is 0.353. The highest BCUT2D eigenvalue weighted by Crippen LogP contribution is 2.45. The Bertz CT molecular complexity index is 6660. The van der Waals surface area contributed by atoms with Crippen molar-refractivity contribution in [2.45, 2.75) is 117 Å². The van der Waals surface area contributed by atoms with Gasteiger partial charge in [0.2, 0.25) is 0 Å². The maximum absolute atomic E-state index is 6.53. The van der Waals surface area contributed by atoms with Crippen molar-refractivity contribution in [3.63, 3.8) is 0 Å². The maximum Gasteiger partial charge on any atom is 0.495 e. The van der Waals surface area contributed by atoms with E-state index >= 15 is 0 Å². The van der Waals surface area contributed by atoms with Gasteiger partial charge in [-0.2, -0.15) is 0 Å². The fraction of sp³-hybridized carbons (Fsp3) is 0.188. The molecule has 18 aromatic rings. The lowest BCUT2D eigenvalue weighted by molar-refractivity contribution is 0.00578. The molecule has 0 saturated carbocycles. The summed E-state index contributed by atoms with van der Waals surface area (Å²) in [5.74, 6) is 0. The van der Waals surface area contributed by atoms with Crippen LogP contribution in [0.25, 0.3) is 164 Å². The molecule has 0 atom stereocenters. The van der Waals surface area contributed by atoms with Crippen molar-refractivity contribution in [1.82, 2.24) is 0 Å². The molecule has 3 fully saturated rings. The highest BCUT2D eigenvalue weighted by atomic mass is 16.7. The van der Waals surface area contributed by atoms with Gasteiger partial charge in [-0.25, -0.2) is 0 Å². The minimum Gasteiger partial charge on any atom is -0.456 e. The van der Waals surface area contributed by atoms with E-state index in [-0.39, 0.29) is 29.5 Å². The van der Waals surface area contributed by atoms with E-state index in [1.54, 1.807) is 0 Å². The molecule has 3 aromatic heterocycles. The summed E-state index contributed by atoms with van der Waals surface area (Å²) in [5.41, 5.74) is 13.2. The number of rotatable bonds is 6. The molecule has 12 heteroatoms. The Morgan fingerprint density at radius 3 is 1.25 bits per heavy atom. The van der Waals surface area contributed by atoms with Crippen LogP contribution in [0.5, 0.6) is 0 Å². The molecule has 21 rings (SSSR count). The van der Waals surface area contributed by atoms with Gasteiger partial charge in [0, 0.05) is 37.9 Å². The zero-order valence-corrected chi connectivity index (χ0v) is 62.9. The summed E-state index contributed by atoms with van der Waals surface area (Å²) in [6.45, 7) is 25.1. The van der Waals surface area contributed by atoms with Crippen molar-refractivity contribution in [3.8, 4) is 33.4 Å². The Hall–Kier alpha value is -10.8. The molecule has 0 radical (unpaired) electrons. The van der Waals surface area contributed by atoms with Crippen LogP contribution in [-0.2, 0) is 27.9 Å². The Balaban J connectivity index is 0.000000110. The van der Waals surface area contributed by atoms with Gasteiger partial charge in [-0.15, -0.1) is 0 Å². The van der Waals surface area contributed by atoms with Gasteiger partial charge in [-0.1, -0.05) is 200 Å². The molecule has 3 aliphatic rings. The van der Waals surface area contributed by atoms with Crippen LogP contribution in [0.3, 0.4) is 0 Å². The van der Waals surface area contributed by atoms with Crippen LogP contribution in [-0.4, -0.2) is 55.0 Å². The van der Waals surface area contributed by atoms with Crippen molar-refractivity contribution < 1.29 is 41.2 Å². The zero-order valence-electron chi connectivity index (χ0n) is 62.9. The third-order valence-electron chi connectivity index (χ3n) is 24.2. The second-order valence-electron chi connectivity index (χ2n) is 32.6. The average molecular weight is 1410 g/mol. The van der Waals surface area contributed by atoms with E-state index in [9.17, 15) is 0 Å². The first-order valence-electron chi connectivity index (χ1n) is 37.6. The van der Waals surface area contributed by atoms with Crippen molar-refractivity contribution >= 4 is 168 Å². The quantitative estimate of drug-likeness (QED) is 0.151. The third-order valence-corrected chi connectivity index (χ3v) is 24.2. The molecule has 108 heavy (non-hydrogen) atoms. The molecule has 0 amide bonds. The van der Waals surface area contributed by atoms with E-state index in [1.165, 1.54) is 59.6 Å². The molecular formula is C96H81B3O9. The van der Waals surface area contributed by atoms with Gasteiger partial charge in [0.1, 0.15) is 33.5 Å². The van der Waals surface area contributed by atoms with Gasteiger partial charge in [0.25, 0.3) is 0 Å². The van der Waals surface area contributed by atoms with Gasteiger partial charge in [0.05, 0.1) is 33.6 Å². The van der Waals surface area contributed by atoms with Crippen molar-refractivity contribution in [2.24, 2.45) is 0 Å². The lowest BCUT2D eigenvalue weighted by Crippen LogP contribution is -2.41. The molecule has 6 heterocycles. The SMILES string of the molecule is CC1(C)OB(c2cc(-c3cccc4c3oc3cc5ccccc5cc34)cc3ccccc23)OC1(C)C.CC1(C)OB(c2ccc3cc(-c4cccc5oc6cc7ccccc7cc6c45)ccc3c2)OC1(C)C.CC1(C)OB(c2cccc3ccc(-c4ccc5oc6cc7ccccc7cc6c5c4)cc23)OC1(C)C. The topological polar surface area (TPSA) is 94.8 Å². The van der Waals surface area contributed by atoms with Gasteiger partial charge >= 0.3 is 21.4 Å². The second kappa shape index (κ2) is 24.9. The van der Waals surface area contributed by atoms with Gasteiger partial charge in [-0.05, 0) is 265 Å². The predicted molar refractivity (Wildman–Crippen MR) is 450 cm³/mol. The van der Waals surface area contributed by atoms with E-state index in [0.29, 0.717) is 0 Å². The molecule has 0 N–H and O–H groups in total. The molecule has 15 aromatic carbocycles. The van der Waals surface area contributed by atoms with Gasteiger partial charge in [-0.3, -0.25) is 0 Å². The maximum atomic E-state index is 6.53. The molecule has 0 unspecified atom stereocenters. The second-order valence-corrected chi connectivity index (χ2v) is 32.6. The van der Waals surface area contributed by atoms with Crippen LogP contribution >= 0.6 is 0 Å². The number of para-hydroxylation sites is 1. The molecule has 0 bridgehead atoms. The highest BCUT2D eigenvalue weighted by molar-refractivity contribution is 6.66. The van der Waals surface area contributed by atoms with Crippen molar-refractivity contribution in [3.05, 3.63) is 273 Å². The Morgan fingerprint density at radius 2 is 0.620 bits per heavy atom. The summed E-state index contributed by atoms with van der Waals surface area (Å²) in [4.78, 5) is 0. The number of benzene rings is 15. The van der Waals surface area contributed by atoms with E-state index in [0.717, 1.165) is 121 Å². The highest BCUT2D eigenvalue weighted by Gasteiger charge is 2.54. The minimum atomic E-state index is -0.444. The fourth-order valence-electron chi connectivity index (χ4n) is 16.0. The predicted octanol–water partition coefficient (Wildman–Crippen LogP) is 23.6. The van der Waals surface area contributed by atoms with Gasteiger partial charge < -0.3 is 41.2 Å². The smallest absolute Gasteiger partial charge is 0.456 e. The zero-order chi connectivity index (χ0) is 74.0. The van der Waals surface area contributed by atoms with Crippen LogP contribution in [0.2, 0.25) is 0 Å². The first-order valence-corrected chi connectivity index (χ1v) is 37.6. The summed E-state index contributed by atoms with van der Waals surface area (Å²) in [6.07, 6.45) is 0. The Morgan fingerprint density at radius 1 is 0.213 bits per heavy atom. The van der Waals surface area contributed by atoms with Crippen molar-refractivity contribution in [1.29, 1.82) is 0 Å². The molecule has 3 aliphatic heterocycles. The summed E-state index contributed by atoms with van der Waals surface area (Å²) in [6, 6.07) is 96.6. The molecule has 0 spiro atoms. The van der Waals surface area contributed by atoms with Crippen LogP contribution in [0.1, 0.15) is 83.1 Å². The standard InChI is InChI=1S/3C32H27BO3/c1-31(2)32(3,4)36-33(35-31)28-18-23(16-22-12-7-8-13-24(22)28)25-14-9-15-26-27-17-20-10-5-6-11-21(20)19-29(27)34-30(25)26;1-31(2)32(3,4)36-33(35-31)28-11-7-10-20-12-13-23(16-25(20)28)24-14-15-29-26(18-24)27-17-21-8-5-6-9-22(21)19-30(27)34-29;1-31(2)32(3,4)36-33(35-31)25-15-14-22-16-24(13-12-23(22)17-25)26-10-7-11-28-30(26)27-18-20-8-5-6-9-21(20)19-29(27)34-28/h3*5-19H,1-4H3. The van der Waals surface area contributed by atoms with Crippen LogP contribution in [0.15, 0.2) is 286 Å². The summed E-state index contributed by atoms with van der Waals surface area (Å²) in [7, 11) is -1.21. The number of fused-ring (bicyclic) bond motifs is 15. The Kier molecular flexibility index (Phi) is 15.6. The largest absolute Gasteiger partial charge is 0.495 e. The van der Waals surface area contributed by atoms with E-state index in [4.69, 9.17) is 41.2 Å². The third kappa shape index (κ3) is 11.4. The van der Waals surface area contributed by atoms with E-state index < -0.39 is 25.4 Å². The fourth-order valence-corrected chi connectivity index (χ4v) is 16.0. The van der Waals surface area contributed by atoms with Gasteiger partial charge in [0.15, 0.2) is 0 Å². The molecular weight excluding hydrogens is 1330 g/mol. The van der Waals surface area contributed by atoms with Crippen molar-refractivity contribution in [2.75, 3.05) is 0 Å². The normalized spacial score (nSPS) is 17.1. The monoisotopic (exact) mass is 1410 g/mol. The average Bonchev–Trinajstić information content (AvgIpc) is 1.58. The summed E-state index contributed by atoms with van der Waals surface area (Å²) in [5, 5.41) is 21.0. The van der Waals surface area contributed by atoms with E-state index in [1.807, 2.05) is 0 Å². The Labute approximate surface area is 628 Å². The number of hydrogen-bond acceptors (Lipinski definition) is 9. The lowest BCUT2D eigenvalue weighted by atomic mass is 9.74. The molecule has 0 aliphatic carbocycles. The van der Waals surface area contributed by atoms with Crippen LogP contribution in [0.4, 0.5) is 0 Å². The van der Waals surface area contributed by atoms with E-state index in [2.05, 4.69) is 356 Å². The first kappa shape index (κ1) is 67.8. The molecule has 3 saturated heterocycles.